The number of aryl methyl sites for hydroxylation is 1. The van der Waals surface area contributed by atoms with Gasteiger partial charge in [-0.05, 0) is 6.92 Å². The first-order valence-corrected chi connectivity index (χ1v) is 7.42. The molecule has 1 aromatic carbocycles. The third-order valence-electron chi connectivity index (χ3n) is 2.56. The van der Waals surface area contributed by atoms with E-state index in [9.17, 15) is 8.42 Å². The Kier molecular flexibility index (Phi) is 3.47. The minimum Gasteiger partial charge on any atom is -0.338 e. The number of rotatable bonds is 4. The molecule has 0 N–H and O–H groups in total. The Morgan fingerprint density at radius 3 is 2.50 bits per heavy atom. The molecule has 0 bridgehead atoms. The summed E-state index contributed by atoms with van der Waals surface area (Å²) in [7, 11) is -3.14. The summed E-state index contributed by atoms with van der Waals surface area (Å²) in [6.45, 7) is 3.58. The summed E-state index contributed by atoms with van der Waals surface area (Å²) in [6, 6.07) is 7.62. The lowest BCUT2D eigenvalue weighted by atomic mass is 10.1. The topological polar surface area (TPSA) is 73.1 Å². The van der Waals surface area contributed by atoms with Crippen molar-refractivity contribution in [2.75, 3.05) is 5.75 Å². The molecule has 1 heterocycles. The fourth-order valence-electron chi connectivity index (χ4n) is 1.42. The summed E-state index contributed by atoms with van der Waals surface area (Å²) in [5, 5.41) is 3.78. The summed E-state index contributed by atoms with van der Waals surface area (Å²) in [6.07, 6.45) is 0. The van der Waals surface area contributed by atoms with E-state index in [0.29, 0.717) is 5.82 Å². The highest BCUT2D eigenvalue weighted by Crippen LogP contribution is 2.17. The average molecular weight is 266 g/mol. The number of sulfone groups is 1. The molecule has 0 aliphatic rings. The van der Waals surface area contributed by atoms with Crippen LogP contribution in [0.1, 0.15) is 18.4 Å². The van der Waals surface area contributed by atoms with E-state index < -0.39 is 9.84 Å². The smallest absolute Gasteiger partial charge is 0.242 e. The molecule has 0 radical (unpaired) electrons. The van der Waals surface area contributed by atoms with E-state index in [1.807, 2.05) is 31.2 Å². The molecule has 18 heavy (non-hydrogen) atoms. The van der Waals surface area contributed by atoms with Crippen molar-refractivity contribution in [3.63, 3.8) is 0 Å². The van der Waals surface area contributed by atoms with Crippen LogP contribution in [0.5, 0.6) is 0 Å². The zero-order chi connectivity index (χ0) is 13.2. The van der Waals surface area contributed by atoms with Gasteiger partial charge in [-0.3, -0.25) is 0 Å². The standard InChI is InChI=1S/C12H14N2O3S/c1-3-18(15,16)8-11-13-12(14-17-11)10-6-4-9(2)5-7-10/h4-7H,3,8H2,1-2H3. The Morgan fingerprint density at radius 2 is 1.89 bits per heavy atom. The van der Waals surface area contributed by atoms with Gasteiger partial charge in [0.2, 0.25) is 11.7 Å². The fraction of sp³-hybridized carbons (Fsp3) is 0.333. The molecule has 0 amide bonds. The third-order valence-corrected chi connectivity index (χ3v) is 4.13. The highest BCUT2D eigenvalue weighted by molar-refractivity contribution is 7.90. The highest BCUT2D eigenvalue weighted by Gasteiger charge is 2.15. The van der Waals surface area contributed by atoms with Crippen LogP contribution in [0.3, 0.4) is 0 Å². The minimum atomic E-state index is -3.14. The monoisotopic (exact) mass is 266 g/mol. The van der Waals surface area contributed by atoms with Gasteiger partial charge in [0.25, 0.3) is 0 Å². The van der Waals surface area contributed by atoms with Crippen LogP contribution in [-0.4, -0.2) is 24.3 Å². The van der Waals surface area contributed by atoms with Crippen molar-refractivity contribution in [2.45, 2.75) is 19.6 Å². The van der Waals surface area contributed by atoms with Gasteiger partial charge >= 0.3 is 0 Å². The molecule has 0 atom stereocenters. The van der Waals surface area contributed by atoms with E-state index in [0.717, 1.165) is 11.1 Å². The van der Waals surface area contributed by atoms with Crippen molar-refractivity contribution in [1.82, 2.24) is 10.1 Å². The van der Waals surface area contributed by atoms with Crippen molar-refractivity contribution in [1.29, 1.82) is 0 Å². The fourth-order valence-corrected chi connectivity index (χ4v) is 2.12. The van der Waals surface area contributed by atoms with Crippen LogP contribution in [-0.2, 0) is 15.6 Å². The van der Waals surface area contributed by atoms with Gasteiger partial charge in [-0.1, -0.05) is 41.9 Å². The predicted octanol–water partition coefficient (Wildman–Crippen LogP) is 1.98. The second-order valence-electron chi connectivity index (χ2n) is 4.05. The van der Waals surface area contributed by atoms with E-state index in [1.54, 1.807) is 6.92 Å². The van der Waals surface area contributed by atoms with Gasteiger partial charge in [-0.15, -0.1) is 0 Å². The number of hydrogen-bond donors (Lipinski definition) is 0. The van der Waals surface area contributed by atoms with E-state index in [1.165, 1.54) is 0 Å². The molecule has 2 aromatic rings. The molecule has 6 heteroatoms. The maximum absolute atomic E-state index is 11.4. The number of nitrogens with zero attached hydrogens (tertiary/aromatic N) is 2. The van der Waals surface area contributed by atoms with Gasteiger partial charge in [-0.2, -0.15) is 4.98 Å². The first kappa shape index (κ1) is 12.8. The number of hydrogen-bond acceptors (Lipinski definition) is 5. The van der Waals surface area contributed by atoms with Crippen LogP contribution in [0.4, 0.5) is 0 Å². The zero-order valence-corrected chi connectivity index (χ0v) is 11.1. The zero-order valence-electron chi connectivity index (χ0n) is 10.3. The summed E-state index contributed by atoms with van der Waals surface area (Å²) in [5.74, 6) is 0.404. The van der Waals surface area contributed by atoms with Crippen molar-refractivity contribution < 1.29 is 12.9 Å². The molecule has 0 unspecified atom stereocenters. The Bertz CT molecular complexity index is 630. The largest absolute Gasteiger partial charge is 0.338 e. The lowest BCUT2D eigenvalue weighted by molar-refractivity contribution is 0.389. The van der Waals surface area contributed by atoms with E-state index in [-0.39, 0.29) is 17.4 Å². The summed E-state index contributed by atoms with van der Waals surface area (Å²) in [5.41, 5.74) is 1.94. The molecular formula is C12H14N2O3S. The molecular weight excluding hydrogens is 252 g/mol. The van der Waals surface area contributed by atoms with E-state index in [2.05, 4.69) is 10.1 Å². The van der Waals surface area contributed by atoms with Crippen LogP contribution in [0.25, 0.3) is 11.4 Å². The maximum atomic E-state index is 11.4. The molecule has 1 aromatic heterocycles. The molecule has 2 rings (SSSR count). The highest BCUT2D eigenvalue weighted by atomic mass is 32.2. The second kappa shape index (κ2) is 4.89. The molecule has 0 aliphatic heterocycles. The lowest BCUT2D eigenvalue weighted by Gasteiger charge is -1.95. The lowest BCUT2D eigenvalue weighted by Crippen LogP contribution is -2.06. The van der Waals surface area contributed by atoms with Crippen LogP contribution < -0.4 is 0 Å². The van der Waals surface area contributed by atoms with E-state index >= 15 is 0 Å². The average Bonchev–Trinajstić information content (AvgIpc) is 2.78. The van der Waals surface area contributed by atoms with Crippen molar-refractivity contribution in [2.24, 2.45) is 0 Å². The quantitative estimate of drug-likeness (QED) is 0.846. The first-order valence-electron chi connectivity index (χ1n) is 5.60. The summed E-state index contributed by atoms with van der Waals surface area (Å²) < 4.78 is 27.8. The Balaban J connectivity index is 2.23. The Labute approximate surface area is 106 Å². The molecule has 5 nitrogen and oxygen atoms in total. The van der Waals surface area contributed by atoms with Gasteiger partial charge < -0.3 is 4.52 Å². The SMILES string of the molecule is CCS(=O)(=O)Cc1nc(-c2ccc(C)cc2)no1. The number of aromatic nitrogens is 2. The normalized spacial score (nSPS) is 11.7. The van der Waals surface area contributed by atoms with Gasteiger partial charge in [0.1, 0.15) is 5.75 Å². The number of benzene rings is 1. The Morgan fingerprint density at radius 1 is 1.22 bits per heavy atom. The predicted molar refractivity (Wildman–Crippen MR) is 67.6 cm³/mol. The maximum Gasteiger partial charge on any atom is 0.242 e. The molecule has 0 spiro atoms. The van der Waals surface area contributed by atoms with Crippen LogP contribution >= 0.6 is 0 Å². The first-order chi connectivity index (χ1) is 8.50. The van der Waals surface area contributed by atoms with Gasteiger partial charge in [0, 0.05) is 11.3 Å². The minimum absolute atomic E-state index is 0.0647. The van der Waals surface area contributed by atoms with Crippen LogP contribution in [0, 0.1) is 6.92 Å². The molecule has 0 saturated heterocycles. The van der Waals surface area contributed by atoms with Crippen molar-refractivity contribution >= 4 is 9.84 Å². The molecule has 0 aliphatic carbocycles. The van der Waals surface area contributed by atoms with Gasteiger partial charge in [0.15, 0.2) is 9.84 Å². The van der Waals surface area contributed by atoms with E-state index in [4.69, 9.17) is 4.52 Å². The summed E-state index contributed by atoms with van der Waals surface area (Å²) in [4.78, 5) is 4.09. The second-order valence-corrected chi connectivity index (χ2v) is 6.41. The van der Waals surface area contributed by atoms with Gasteiger partial charge in [-0.25, -0.2) is 8.42 Å². The van der Waals surface area contributed by atoms with Crippen LogP contribution in [0.2, 0.25) is 0 Å². The summed E-state index contributed by atoms with van der Waals surface area (Å²) >= 11 is 0. The Hall–Kier alpha value is -1.69. The van der Waals surface area contributed by atoms with Crippen LogP contribution in [0.15, 0.2) is 28.8 Å². The molecule has 0 fully saturated rings. The molecule has 0 saturated carbocycles. The van der Waals surface area contributed by atoms with Crippen molar-refractivity contribution in [3.05, 3.63) is 35.7 Å². The van der Waals surface area contributed by atoms with Crippen molar-refractivity contribution in [3.8, 4) is 11.4 Å². The third kappa shape index (κ3) is 2.95. The molecule has 96 valence electrons. The van der Waals surface area contributed by atoms with Gasteiger partial charge in [0.05, 0.1) is 0 Å².